The predicted octanol–water partition coefficient (Wildman–Crippen LogP) is 0.417. The third-order valence-corrected chi connectivity index (χ3v) is 3.45. The highest BCUT2D eigenvalue weighted by Crippen LogP contribution is 2.20. The summed E-state index contributed by atoms with van der Waals surface area (Å²) < 4.78 is 7.30. The van der Waals surface area contributed by atoms with Crippen LogP contribution in [0.15, 0.2) is 24.5 Å². The standard InChI is InChI=1S/C13H17N5O2/c1-9-2-3-13(19)10(16-9)6-14-11-7-20-8-12(11)18-5-4-15-17-18/h2-5,11-12,14,19H,6-8H2,1H3/t11-,12+/m0/s1. The van der Waals surface area contributed by atoms with Gasteiger partial charge in [0.2, 0.25) is 0 Å². The molecule has 7 heteroatoms. The van der Waals surface area contributed by atoms with Crippen LogP contribution in [0, 0.1) is 6.92 Å². The zero-order valence-corrected chi connectivity index (χ0v) is 11.2. The number of nitrogens with one attached hydrogen (secondary N) is 1. The summed E-state index contributed by atoms with van der Waals surface area (Å²) in [5, 5.41) is 21.0. The SMILES string of the molecule is Cc1ccc(O)c(CN[C@H]2COC[C@H]2n2ccnn2)n1. The van der Waals surface area contributed by atoms with Crippen molar-refractivity contribution in [1.29, 1.82) is 0 Å². The molecule has 1 saturated heterocycles. The highest BCUT2D eigenvalue weighted by Gasteiger charge is 2.30. The Morgan fingerprint density at radius 2 is 2.35 bits per heavy atom. The maximum atomic E-state index is 9.80. The molecule has 0 bridgehead atoms. The van der Waals surface area contributed by atoms with E-state index in [9.17, 15) is 5.11 Å². The van der Waals surface area contributed by atoms with Gasteiger partial charge in [0.1, 0.15) is 5.75 Å². The van der Waals surface area contributed by atoms with E-state index < -0.39 is 0 Å². The van der Waals surface area contributed by atoms with Crippen molar-refractivity contribution in [2.24, 2.45) is 0 Å². The first-order valence-electron chi connectivity index (χ1n) is 6.56. The molecule has 106 valence electrons. The van der Waals surface area contributed by atoms with Crippen LogP contribution in [0.25, 0.3) is 0 Å². The molecule has 0 amide bonds. The van der Waals surface area contributed by atoms with Crippen LogP contribution in [0.3, 0.4) is 0 Å². The molecule has 1 aliphatic rings. The fraction of sp³-hybridized carbons (Fsp3) is 0.462. The summed E-state index contributed by atoms with van der Waals surface area (Å²) >= 11 is 0. The van der Waals surface area contributed by atoms with Crippen molar-refractivity contribution in [2.45, 2.75) is 25.6 Å². The first-order valence-corrected chi connectivity index (χ1v) is 6.56. The first kappa shape index (κ1) is 13.0. The van der Waals surface area contributed by atoms with Crippen molar-refractivity contribution < 1.29 is 9.84 Å². The fourth-order valence-electron chi connectivity index (χ4n) is 2.35. The van der Waals surface area contributed by atoms with Crippen LogP contribution in [0.5, 0.6) is 5.75 Å². The molecule has 0 aromatic carbocycles. The van der Waals surface area contributed by atoms with Crippen molar-refractivity contribution in [1.82, 2.24) is 25.3 Å². The number of pyridine rings is 1. The molecule has 0 spiro atoms. The van der Waals surface area contributed by atoms with E-state index in [1.807, 2.05) is 13.1 Å². The van der Waals surface area contributed by atoms with Crippen LogP contribution in [-0.4, -0.2) is 44.3 Å². The van der Waals surface area contributed by atoms with Gasteiger partial charge in [-0.2, -0.15) is 0 Å². The van der Waals surface area contributed by atoms with Crippen LogP contribution in [-0.2, 0) is 11.3 Å². The number of hydrogen-bond acceptors (Lipinski definition) is 6. The fourth-order valence-corrected chi connectivity index (χ4v) is 2.35. The summed E-state index contributed by atoms with van der Waals surface area (Å²) in [7, 11) is 0. The molecule has 2 aromatic rings. The molecule has 1 fully saturated rings. The van der Waals surface area contributed by atoms with Crippen molar-refractivity contribution in [3.63, 3.8) is 0 Å². The third-order valence-electron chi connectivity index (χ3n) is 3.45. The quantitative estimate of drug-likeness (QED) is 0.841. The number of hydrogen-bond donors (Lipinski definition) is 2. The third kappa shape index (κ3) is 2.63. The van der Waals surface area contributed by atoms with E-state index in [0.29, 0.717) is 25.5 Å². The van der Waals surface area contributed by atoms with Gasteiger partial charge in [0.25, 0.3) is 0 Å². The maximum absolute atomic E-state index is 9.80. The van der Waals surface area contributed by atoms with E-state index in [1.54, 1.807) is 23.0 Å². The van der Waals surface area contributed by atoms with Crippen LogP contribution >= 0.6 is 0 Å². The number of aryl methyl sites for hydroxylation is 1. The topological polar surface area (TPSA) is 85.1 Å². The summed E-state index contributed by atoms with van der Waals surface area (Å²) in [5.41, 5.74) is 1.53. The summed E-state index contributed by atoms with van der Waals surface area (Å²) in [6.07, 6.45) is 3.49. The zero-order valence-electron chi connectivity index (χ0n) is 11.2. The van der Waals surface area contributed by atoms with Gasteiger partial charge in [-0.3, -0.25) is 4.98 Å². The van der Waals surface area contributed by atoms with E-state index >= 15 is 0 Å². The lowest BCUT2D eigenvalue weighted by molar-refractivity contribution is 0.181. The highest BCUT2D eigenvalue weighted by atomic mass is 16.5. The van der Waals surface area contributed by atoms with Crippen molar-refractivity contribution in [3.8, 4) is 5.75 Å². The summed E-state index contributed by atoms with van der Waals surface area (Å²) in [4.78, 5) is 4.33. The minimum absolute atomic E-state index is 0.115. The van der Waals surface area contributed by atoms with E-state index in [1.165, 1.54) is 0 Å². The average Bonchev–Trinajstić information content (AvgIpc) is 3.09. The Bertz CT molecular complexity index is 572. The minimum Gasteiger partial charge on any atom is -0.506 e. The Morgan fingerprint density at radius 1 is 1.45 bits per heavy atom. The Hall–Kier alpha value is -1.99. The van der Waals surface area contributed by atoms with Gasteiger partial charge in [-0.1, -0.05) is 5.21 Å². The second-order valence-electron chi connectivity index (χ2n) is 4.89. The van der Waals surface area contributed by atoms with Gasteiger partial charge in [0.15, 0.2) is 0 Å². The second-order valence-corrected chi connectivity index (χ2v) is 4.89. The number of nitrogens with zero attached hydrogens (tertiary/aromatic N) is 4. The molecule has 0 saturated carbocycles. The highest BCUT2D eigenvalue weighted by molar-refractivity contribution is 5.27. The molecule has 20 heavy (non-hydrogen) atoms. The number of aromatic nitrogens is 4. The van der Waals surface area contributed by atoms with Gasteiger partial charge in [0.05, 0.1) is 37.2 Å². The van der Waals surface area contributed by atoms with E-state index in [4.69, 9.17) is 4.74 Å². The van der Waals surface area contributed by atoms with Crippen molar-refractivity contribution >= 4 is 0 Å². The van der Waals surface area contributed by atoms with Crippen molar-refractivity contribution in [2.75, 3.05) is 13.2 Å². The summed E-state index contributed by atoms with van der Waals surface area (Å²) in [6, 6.07) is 3.69. The molecular weight excluding hydrogens is 258 g/mol. The largest absolute Gasteiger partial charge is 0.506 e. The van der Waals surface area contributed by atoms with Gasteiger partial charge in [-0.25, -0.2) is 4.68 Å². The lowest BCUT2D eigenvalue weighted by atomic mass is 10.1. The van der Waals surface area contributed by atoms with Crippen LogP contribution in [0.2, 0.25) is 0 Å². The summed E-state index contributed by atoms with van der Waals surface area (Å²) in [6.45, 7) is 3.61. The van der Waals surface area contributed by atoms with Gasteiger partial charge in [-0.15, -0.1) is 5.10 Å². The second kappa shape index (κ2) is 5.56. The summed E-state index contributed by atoms with van der Waals surface area (Å²) in [5.74, 6) is 0.208. The Labute approximate surface area is 116 Å². The Kier molecular flexibility index (Phi) is 3.62. The van der Waals surface area contributed by atoms with Crippen LogP contribution in [0.1, 0.15) is 17.4 Å². The Morgan fingerprint density at radius 3 is 3.15 bits per heavy atom. The molecule has 2 N–H and O–H groups in total. The lowest BCUT2D eigenvalue weighted by Gasteiger charge is -2.19. The lowest BCUT2D eigenvalue weighted by Crippen LogP contribution is -2.37. The molecule has 0 aliphatic carbocycles. The Balaban J connectivity index is 1.67. The van der Waals surface area contributed by atoms with E-state index in [2.05, 4.69) is 20.6 Å². The molecule has 3 heterocycles. The molecule has 2 atom stereocenters. The maximum Gasteiger partial charge on any atom is 0.138 e. The van der Waals surface area contributed by atoms with Gasteiger partial charge < -0.3 is 15.2 Å². The smallest absolute Gasteiger partial charge is 0.138 e. The number of ether oxygens (including phenoxy) is 1. The molecule has 2 aromatic heterocycles. The van der Waals surface area contributed by atoms with Gasteiger partial charge in [0, 0.05) is 18.4 Å². The van der Waals surface area contributed by atoms with Gasteiger partial charge in [-0.05, 0) is 19.1 Å². The normalized spacial score (nSPS) is 22.2. The molecule has 1 aliphatic heterocycles. The molecular formula is C13H17N5O2. The van der Waals surface area contributed by atoms with E-state index in [0.717, 1.165) is 5.69 Å². The van der Waals surface area contributed by atoms with Crippen LogP contribution < -0.4 is 5.32 Å². The monoisotopic (exact) mass is 275 g/mol. The molecule has 3 rings (SSSR count). The molecule has 0 radical (unpaired) electrons. The zero-order chi connectivity index (χ0) is 13.9. The predicted molar refractivity (Wildman–Crippen MR) is 71.1 cm³/mol. The number of rotatable bonds is 4. The van der Waals surface area contributed by atoms with Crippen LogP contribution in [0.4, 0.5) is 0 Å². The molecule has 0 unspecified atom stereocenters. The minimum atomic E-state index is 0.115. The van der Waals surface area contributed by atoms with Gasteiger partial charge >= 0.3 is 0 Å². The van der Waals surface area contributed by atoms with Crippen molar-refractivity contribution in [3.05, 3.63) is 35.9 Å². The molecule has 7 nitrogen and oxygen atoms in total. The first-order chi connectivity index (χ1) is 9.74. The van der Waals surface area contributed by atoms with E-state index in [-0.39, 0.29) is 17.8 Å². The average molecular weight is 275 g/mol. The number of aromatic hydroxyl groups is 1.